The van der Waals surface area contributed by atoms with Crippen LogP contribution in [-0.2, 0) is 0 Å². The Bertz CT molecular complexity index is 873. The number of piperazine rings is 1. The molecule has 1 aromatic heterocycles. The van der Waals surface area contributed by atoms with Crippen molar-refractivity contribution in [2.45, 2.75) is 6.04 Å². The van der Waals surface area contributed by atoms with E-state index in [0.717, 1.165) is 11.1 Å². The highest BCUT2D eigenvalue weighted by Crippen LogP contribution is 2.30. The molecule has 1 saturated heterocycles. The van der Waals surface area contributed by atoms with Crippen molar-refractivity contribution in [1.29, 1.82) is 0 Å². The van der Waals surface area contributed by atoms with Gasteiger partial charge in [-0.15, -0.1) is 0 Å². The van der Waals surface area contributed by atoms with Crippen molar-refractivity contribution in [3.05, 3.63) is 89.2 Å². The fourth-order valence-corrected chi connectivity index (χ4v) is 3.63. The number of nitrogens with zero attached hydrogens (tertiary/aromatic N) is 3. The van der Waals surface area contributed by atoms with Gasteiger partial charge < -0.3 is 4.90 Å². The molecular formula is C21H20F2N4O. The van der Waals surface area contributed by atoms with Gasteiger partial charge in [-0.25, -0.2) is 8.78 Å². The van der Waals surface area contributed by atoms with Crippen LogP contribution in [0, 0.1) is 11.6 Å². The minimum Gasteiger partial charge on any atom is -0.335 e. The molecule has 0 atom stereocenters. The number of halogens is 2. The van der Waals surface area contributed by atoms with Crippen LogP contribution in [0.5, 0.6) is 0 Å². The van der Waals surface area contributed by atoms with E-state index in [1.165, 1.54) is 24.3 Å². The molecule has 1 aliphatic heterocycles. The third-order valence-corrected chi connectivity index (χ3v) is 5.07. The Kier molecular flexibility index (Phi) is 5.16. The predicted octanol–water partition coefficient (Wildman–Crippen LogP) is 3.24. The highest BCUT2D eigenvalue weighted by atomic mass is 19.1. The van der Waals surface area contributed by atoms with Gasteiger partial charge in [-0.2, -0.15) is 5.10 Å². The summed E-state index contributed by atoms with van der Waals surface area (Å²) in [5, 5.41) is 6.54. The molecule has 1 fully saturated rings. The molecule has 2 heterocycles. The van der Waals surface area contributed by atoms with Crippen molar-refractivity contribution in [2.75, 3.05) is 26.2 Å². The number of rotatable bonds is 4. The maximum atomic E-state index is 13.4. The van der Waals surface area contributed by atoms with Gasteiger partial charge in [0.05, 0.1) is 6.04 Å². The summed E-state index contributed by atoms with van der Waals surface area (Å²) < 4.78 is 26.8. The van der Waals surface area contributed by atoms with Crippen molar-refractivity contribution in [3.63, 3.8) is 0 Å². The fourth-order valence-electron chi connectivity index (χ4n) is 3.63. The van der Waals surface area contributed by atoms with Gasteiger partial charge in [0.1, 0.15) is 17.3 Å². The Morgan fingerprint density at radius 3 is 1.86 bits per heavy atom. The summed E-state index contributed by atoms with van der Waals surface area (Å²) in [5.74, 6) is -0.662. The van der Waals surface area contributed by atoms with E-state index in [9.17, 15) is 13.6 Å². The van der Waals surface area contributed by atoms with E-state index >= 15 is 0 Å². The SMILES string of the molecule is O=C(c1ccn[nH]1)N1CCN(C(c2ccc(F)cc2)c2ccc(F)cc2)CC1. The number of aromatic amines is 1. The van der Waals surface area contributed by atoms with E-state index in [1.54, 1.807) is 41.4 Å². The summed E-state index contributed by atoms with van der Waals surface area (Å²) >= 11 is 0. The lowest BCUT2D eigenvalue weighted by atomic mass is 9.96. The Morgan fingerprint density at radius 1 is 0.857 bits per heavy atom. The second-order valence-electron chi connectivity index (χ2n) is 6.80. The molecule has 0 bridgehead atoms. The Hall–Kier alpha value is -3.06. The number of H-pyrrole nitrogens is 1. The quantitative estimate of drug-likeness (QED) is 0.754. The van der Waals surface area contributed by atoms with E-state index in [2.05, 4.69) is 15.1 Å². The molecule has 28 heavy (non-hydrogen) atoms. The number of benzene rings is 2. The molecule has 144 valence electrons. The monoisotopic (exact) mass is 382 g/mol. The predicted molar refractivity (Wildman–Crippen MR) is 101 cm³/mol. The standard InChI is InChI=1S/C21H20F2N4O/c22-17-5-1-15(2-6-17)20(16-3-7-18(23)8-4-16)26-11-13-27(14-12-26)21(28)19-9-10-24-25-19/h1-10,20H,11-14H2,(H,24,25). The summed E-state index contributed by atoms with van der Waals surface area (Å²) in [6.07, 6.45) is 1.56. The number of carbonyl (C=O) groups is 1. The average molecular weight is 382 g/mol. The van der Waals surface area contributed by atoms with E-state index in [0.29, 0.717) is 31.9 Å². The minimum atomic E-state index is -0.295. The third-order valence-electron chi connectivity index (χ3n) is 5.07. The van der Waals surface area contributed by atoms with Crippen molar-refractivity contribution in [2.24, 2.45) is 0 Å². The summed E-state index contributed by atoms with van der Waals surface area (Å²) in [4.78, 5) is 16.5. The Balaban J connectivity index is 1.55. The molecule has 0 radical (unpaired) electrons. The smallest absolute Gasteiger partial charge is 0.271 e. The first-order valence-electron chi connectivity index (χ1n) is 9.15. The van der Waals surface area contributed by atoms with Gasteiger partial charge in [0.25, 0.3) is 5.91 Å². The highest BCUT2D eigenvalue weighted by molar-refractivity contribution is 5.92. The molecule has 5 nitrogen and oxygen atoms in total. The zero-order chi connectivity index (χ0) is 19.5. The van der Waals surface area contributed by atoms with E-state index in [-0.39, 0.29) is 23.6 Å². The van der Waals surface area contributed by atoms with Gasteiger partial charge in [-0.3, -0.25) is 14.8 Å². The second kappa shape index (κ2) is 7.90. The summed E-state index contributed by atoms with van der Waals surface area (Å²) in [5.41, 5.74) is 2.34. The van der Waals surface area contributed by atoms with Crippen molar-refractivity contribution < 1.29 is 13.6 Å². The second-order valence-corrected chi connectivity index (χ2v) is 6.80. The molecule has 7 heteroatoms. The number of hydrogen-bond donors (Lipinski definition) is 1. The van der Waals surface area contributed by atoms with Crippen LogP contribution in [0.4, 0.5) is 8.78 Å². The van der Waals surface area contributed by atoms with E-state index in [1.807, 2.05) is 0 Å². The zero-order valence-electron chi connectivity index (χ0n) is 15.2. The molecule has 3 aromatic rings. The summed E-state index contributed by atoms with van der Waals surface area (Å²) in [6.45, 7) is 2.44. The maximum Gasteiger partial charge on any atom is 0.271 e. The largest absolute Gasteiger partial charge is 0.335 e. The molecule has 0 unspecified atom stereocenters. The summed E-state index contributed by atoms with van der Waals surface area (Å²) in [6, 6.07) is 14.3. The Labute approximate surface area is 161 Å². The third kappa shape index (κ3) is 3.80. The van der Waals surface area contributed by atoms with Gasteiger partial charge >= 0.3 is 0 Å². The minimum absolute atomic E-state index is 0.0720. The highest BCUT2D eigenvalue weighted by Gasteiger charge is 2.29. The van der Waals surface area contributed by atoms with Gasteiger partial charge in [-0.05, 0) is 41.5 Å². The van der Waals surface area contributed by atoms with Crippen molar-refractivity contribution in [1.82, 2.24) is 20.0 Å². The average Bonchev–Trinajstić information content (AvgIpc) is 3.26. The van der Waals surface area contributed by atoms with Gasteiger partial charge in [0, 0.05) is 32.4 Å². The van der Waals surface area contributed by atoms with Crippen LogP contribution >= 0.6 is 0 Å². The van der Waals surface area contributed by atoms with E-state index < -0.39 is 0 Å². The topological polar surface area (TPSA) is 52.2 Å². The molecule has 1 amide bonds. The lowest BCUT2D eigenvalue weighted by Crippen LogP contribution is -2.50. The Morgan fingerprint density at radius 2 is 1.39 bits per heavy atom. The van der Waals surface area contributed by atoms with Gasteiger partial charge in [0.2, 0.25) is 0 Å². The number of amides is 1. The first-order valence-corrected chi connectivity index (χ1v) is 9.15. The van der Waals surface area contributed by atoms with Crippen LogP contribution in [0.3, 0.4) is 0 Å². The molecule has 0 saturated carbocycles. The number of aromatic nitrogens is 2. The van der Waals surface area contributed by atoms with Crippen LogP contribution in [-0.4, -0.2) is 52.1 Å². The first kappa shape index (κ1) is 18.3. The number of nitrogens with one attached hydrogen (secondary N) is 1. The van der Waals surface area contributed by atoms with Crippen LogP contribution in [0.15, 0.2) is 60.8 Å². The summed E-state index contributed by atoms with van der Waals surface area (Å²) in [7, 11) is 0. The lowest BCUT2D eigenvalue weighted by Gasteiger charge is -2.39. The molecular weight excluding hydrogens is 362 g/mol. The normalized spacial score (nSPS) is 15.2. The van der Waals surface area contributed by atoms with Crippen molar-refractivity contribution >= 4 is 5.91 Å². The molecule has 1 aliphatic rings. The number of carbonyl (C=O) groups excluding carboxylic acids is 1. The van der Waals surface area contributed by atoms with Crippen LogP contribution < -0.4 is 0 Å². The van der Waals surface area contributed by atoms with E-state index in [4.69, 9.17) is 0 Å². The van der Waals surface area contributed by atoms with Crippen LogP contribution in [0.2, 0.25) is 0 Å². The van der Waals surface area contributed by atoms with Gasteiger partial charge in [-0.1, -0.05) is 24.3 Å². The first-order chi connectivity index (χ1) is 13.6. The molecule has 0 spiro atoms. The molecule has 1 N–H and O–H groups in total. The molecule has 2 aromatic carbocycles. The molecule has 0 aliphatic carbocycles. The van der Waals surface area contributed by atoms with Gasteiger partial charge in [0.15, 0.2) is 0 Å². The van der Waals surface area contributed by atoms with Crippen LogP contribution in [0.1, 0.15) is 27.7 Å². The van der Waals surface area contributed by atoms with Crippen LogP contribution in [0.25, 0.3) is 0 Å². The lowest BCUT2D eigenvalue weighted by molar-refractivity contribution is 0.0591. The number of hydrogen-bond acceptors (Lipinski definition) is 3. The van der Waals surface area contributed by atoms with Crippen molar-refractivity contribution in [3.8, 4) is 0 Å². The molecule has 4 rings (SSSR count). The maximum absolute atomic E-state index is 13.4. The fraction of sp³-hybridized carbons (Fsp3) is 0.238. The zero-order valence-corrected chi connectivity index (χ0v) is 15.2.